The van der Waals surface area contributed by atoms with E-state index in [4.69, 9.17) is 0 Å². The van der Waals surface area contributed by atoms with Crippen molar-refractivity contribution >= 4 is 0 Å². The highest BCUT2D eigenvalue weighted by Gasteiger charge is 2.44. The molecule has 0 spiro atoms. The Morgan fingerprint density at radius 1 is 0.474 bits per heavy atom. The molecule has 4 rings (SSSR count). The van der Waals surface area contributed by atoms with Crippen LogP contribution in [0.3, 0.4) is 0 Å². The van der Waals surface area contributed by atoms with Gasteiger partial charge in [0.2, 0.25) is 0 Å². The fourth-order valence-corrected chi connectivity index (χ4v) is 9.57. The van der Waals surface area contributed by atoms with E-state index in [1.54, 1.807) is 0 Å². The molecule has 4 aliphatic carbocycles. The summed E-state index contributed by atoms with van der Waals surface area (Å²) in [6, 6.07) is 0. The van der Waals surface area contributed by atoms with Crippen molar-refractivity contribution in [2.24, 2.45) is 47.3 Å². The summed E-state index contributed by atoms with van der Waals surface area (Å²) in [6.45, 7) is 4.48. The average Bonchev–Trinajstić information content (AvgIpc) is 2.93. The molecule has 0 heterocycles. The molecule has 3 heteroatoms. The summed E-state index contributed by atoms with van der Waals surface area (Å²) in [7, 11) is 0. The van der Waals surface area contributed by atoms with Gasteiger partial charge >= 0.3 is 0 Å². The van der Waals surface area contributed by atoms with Gasteiger partial charge in [-0.15, -0.1) is 0 Å². The molecular weight excluding hydrogens is 477 g/mol. The van der Waals surface area contributed by atoms with Crippen LogP contribution in [0.4, 0.5) is 13.2 Å². The number of hydrogen-bond donors (Lipinski definition) is 0. The summed E-state index contributed by atoms with van der Waals surface area (Å²) in [5.41, 5.74) is 0. The molecule has 0 aliphatic heterocycles. The van der Waals surface area contributed by atoms with Crippen molar-refractivity contribution < 1.29 is 13.2 Å². The molecule has 0 aromatic rings. The Kier molecular flexibility index (Phi) is 12.7. The number of unbranched alkanes of at least 4 members (excludes halogenated alkanes) is 2. The smallest absolute Gasteiger partial charge is 0.134 e. The highest BCUT2D eigenvalue weighted by atomic mass is 19.2. The molecule has 0 N–H and O–H groups in total. The van der Waals surface area contributed by atoms with E-state index in [2.05, 4.69) is 13.8 Å². The number of alkyl halides is 3. The zero-order valence-corrected chi connectivity index (χ0v) is 25.0. The van der Waals surface area contributed by atoms with Gasteiger partial charge in [-0.3, -0.25) is 0 Å². The lowest BCUT2D eigenvalue weighted by atomic mass is 9.66. The third-order valence-electron chi connectivity index (χ3n) is 12.1. The molecule has 7 unspecified atom stereocenters. The Morgan fingerprint density at radius 2 is 1.08 bits per heavy atom. The fraction of sp³-hybridized carbons (Fsp3) is 1.00. The van der Waals surface area contributed by atoms with Gasteiger partial charge in [0.15, 0.2) is 0 Å². The Balaban J connectivity index is 1.10. The molecule has 0 aromatic carbocycles. The van der Waals surface area contributed by atoms with Gasteiger partial charge in [0.05, 0.1) is 0 Å². The molecule has 0 radical (unpaired) electrons. The van der Waals surface area contributed by atoms with E-state index in [0.717, 1.165) is 75.5 Å². The summed E-state index contributed by atoms with van der Waals surface area (Å²) in [6.07, 6.45) is 22.2. The van der Waals surface area contributed by atoms with Crippen LogP contribution in [0.1, 0.15) is 155 Å². The lowest BCUT2D eigenvalue weighted by Gasteiger charge is -2.41. The molecule has 38 heavy (non-hydrogen) atoms. The van der Waals surface area contributed by atoms with Crippen molar-refractivity contribution in [2.45, 2.75) is 174 Å². The van der Waals surface area contributed by atoms with Gasteiger partial charge in [-0.05, 0) is 118 Å². The van der Waals surface area contributed by atoms with E-state index >= 15 is 8.78 Å². The van der Waals surface area contributed by atoms with Gasteiger partial charge in [-0.1, -0.05) is 84.5 Å². The first-order valence-corrected chi connectivity index (χ1v) is 17.4. The number of rotatable bonds is 12. The molecular formula is C35H61F3. The SMILES string of the molecule is CCCCCC1CCC(C2CCC(CCCC3CCC(C4CCC(CCC)CC4)C(F)C3F)CC2)CC1F. The molecule has 0 saturated heterocycles. The van der Waals surface area contributed by atoms with Gasteiger partial charge in [0.25, 0.3) is 0 Å². The summed E-state index contributed by atoms with van der Waals surface area (Å²) in [4.78, 5) is 0. The second-order valence-electron chi connectivity index (χ2n) is 14.5. The van der Waals surface area contributed by atoms with Crippen LogP contribution in [0.5, 0.6) is 0 Å². The van der Waals surface area contributed by atoms with E-state index < -0.39 is 18.5 Å². The van der Waals surface area contributed by atoms with E-state index in [1.807, 2.05) is 0 Å². The van der Waals surface area contributed by atoms with Gasteiger partial charge in [0.1, 0.15) is 18.5 Å². The van der Waals surface area contributed by atoms with Crippen molar-refractivity contribution in [1.29, 1.82) is 0 Å². The first-order valence-electron chi connectivity index (χ1n) is 17.4. The third kappa shape index (κ3) is 8.41. The lowest BCUT2D eigenvalue weighted by molar-refractivity contribution is -0.0151. The van der Waals surface area contributed by atoms with E-state index in [-0.39, 0.29) is 11.8 Å². The molecule has 0 bridgehead atoms. The largest absolute Gasteiger partial charge is 0.247 e. The third-order valence-corrected chi connectivity index (χ3v) is 12.1. The van der Waals surface area contributed by atoms with Crippen LogP contribution in [-0.2, 0) is 0 Å². The summed E-state index contributed by atoms with van der Waals surface area (Å²) < 4.78 is 45.3. The molecule has 0 amide bonds. The van der Waals surface area contributed by atoms with Crippen LogP contribution in [0.25, 0.3) is 0 Å². The van der Waals surface area contributed by atoms with E-state index in [1.165, 1.54) is 83.5 Å². The molecule has 4 aliphatic rings. The maximum atomic E-state index is 15.3. The van der Waals surface area contributed by atoms with Crippen LogP contribution in [0.2, 0.25) is 0 Å². The monoisotopic (exact) mass is 538 g/mol. The number of halogens is 3. The van der Waals surface area contributed by atoms with Gasteiger partial charge in [-0.2, -0.15) is 0 Å². The first kappa shape index (κ1) is 30.7. The van der Waals surface area contributed by atoms with E-state index in [0.29, 0.717) is 17.8 Å². The normalized spacial score (nSPS) is 42.7. The van der Waals surface area contributed by atoms with Gasteiger partial charge in [-0.25, -0.2) is 13.2 Å². The van der Waals surface area contributed by atoms with Crippen LogP contribution in [0, 0.1) is 47.3 Å². The molecule has 0 nitrogen and oxygen atoms in total. The maximum absolute atomic E-state index is 15.3. The molecule has 4 saturated carbocycles. The standard InChI is InChI=1S/C35H61F3/c1-3-5-6-10-29-20-21-31(24-33(29)36)27-16-12-26(13-17-27)9-7-11-30-22-23-32(35(38)34(30)37)28-18-14-25(8-4-2)15-19-28/h25-35H,3-24H2,1-2H3. The average molecular weight is 539 g/mol. The van der Waals surface area contributed by atoms with Crippen molar-refractivity contribution in [3.63, 3.8) is 0 Å². The van der Waals surface area contributed by atoms with Crippen molar-refractivity contribution in [3.8, 4) is 0 Å². The van der Waals surface area contributed by atoms with Crippen LogP contribution >= 0.6 is 0 Å². The molecule has 0 aromatic heterocycles. The Hall–Kier alpha value is -0.210. The van der Waals surface area contributed by atoms with E-state index in [9.17, 15) is 4.39 Å². The molecule has 4 fully saturated rings. The fourth-order valence-electron chi connectivity index (χ4n) is 9.57. The lowest BCUT2D eigenvalue weighted by Crippen LogP contribution is -2.42. The highest BCUT2D eigenvalue weighted by molar-refractivity contribution is 4.93. The first-order chi connectivity index (χ1) is 18.5. The Morgan fingerprint density at radius 3 is 1.74 bits per heavy atom. The summed E-state index contributed by atoms with van der Waals surface area (Å²) in [5.74, 6) is 3.61. The van der Waals surface area contributed by atoms with Crippen LogP contribution in [0.15, 0.2) is 0 Å². The molecule has 222 valence electrons. The highest BCUT2D eigenvalue weighted by Crippen LogP contribution is 2.47. The quantitative estimate of drug-likeness (QED) is 0.217. The van der Waals surface area contributed by atoms with Gasteiger partial charge in [0, 0.05) is 0 Å². The summed E-state index contributed by atoms with van der Waals surface area (Å²) >= 11 is 0. The topological polar surface area (TPSA) is 0 Å². The predicted molar refractivity (Wildman–Crippen MR) is 156 cm³/mol. The van der Waals surface area contributed by atoms with Gasteiger partial charge < -0.3 is 0 Å². The molecule has 7 atom stereocenters. The second kappa shape index (κ2) is 15.7. The minimum atomic E-state index is -1.23. The zero-order chi connectivity index (χ0) is 26.9. The predicted octanol–water partition coefficient (Wildman–Crippen LogP) is 11.6. The van der Waals surface area contributed by atoms with Crippen molar-refractivity contribution in [1.82, 2.24) is 0 Å². The second-order valence-corrected chi connectivity index (χ2v) is 14.5. The zero-order valence-electron chi connectivity index (χ0n) is 25.0. The van der Waals surface area contributed by atoms with Crippen molar-refractivity contribution in [2.75, 3.05) is 0 Å². The van der Waals surface area contributed by atoms with Crippen LogP contribution in [-0.4, -0.2) is 18.5 Å². The number of hydrogen-bond acceptors (Lipinski definition) is 0. The minimum absolute atomic E-state index is 0.0190. The maximum Gasteiger partial charge on any atom is 0.134 e. The Bertz CT molecular complexity index is 635. The van der Waals surface area contributed by atoms with Crippen molar-refractivity contribution in [3.05, 3.63) is 0 Å². The Labute approximate surface area is 234 Å². The summed E-state index contributed by atoms with van der Waals surface area (Å²) in [5, 5.41) is 0. The van der Waals surface area contributed by atoms with Crippen LogP contribution < -0.4 is 0 Å². The minimum Gasteiger partial charge on any atom is -0.247 e.